The lowest BCUT2D eigenvalue weighted by Crippen LogP contribution is -2.56. The maximum Gasteiger partial charge on any atom is 0.137 e. The Kier molecular flexibility index (Phi) is 19.1. The predicted molar refractivity (Wildman–Crippen MR) is 350 cm³/mol. The van der Waals surface area contributed by atoms with Crippen LogP contribution in [0.4, 0.5) is 17.6 Å². The van der Waals surface area contributed by atoms with E-state index < -0.39 is 8.07 Å². The van der Waals surface area contributed by atoms with Gasteiger partial charge in [-0.1, -0.05) is 131 Å². The van der Waals surface area contributed by atoms with Crippen LogP contribution in [0.15, 0.2) is 60.7 Å². The van der Waals surface area contributed by atoms with Crippen LogP contribution in [0.3, 0.4) is 0 Å². The second-order valence-electron chi connectivity index (χ2n) is 22.2. The van der Waals surface area contributed by atoms with Gasteiger partial charge in [0.1, 0.15) is 53.4 Å². The van der Waals surface area contributed by atoms with Crippen molar-refractivity contribution in [3.05, 3.63) is 93.7 Å². The van der Waals surface area contributed by atoms with Crippen molar-refractivity contribution >= 4 is 132 Å². The summed E-state index contributed by atoms with van der Waals surface area (Å²) < 4.78 is 84.9. The van der Waals surface area contributed by atoms with Gasteiger partial charge in [0.2, 0.25) is 0 Å². The highest BCUT2D eigenvalue weighted by Crippen LogP contribution is 2.53. The first-order valence-electron chi connectivity index (χ1n) is 29.5. The van der Waals surface area contributed by atoms with Crippen LogP contribution in [0.25, 0.3) is 93.1 Å². The van der Waals surface area contributed by atoms with Gasteiger partial charge in [0, 0.05) is 69.7 Å². The fraction of sp³-hybridized carbons (Fsp3) is 0.438. The summed E-state index contributed by atoms with van der Waals surface area (Å²) in [6.07, 6.45) is 19.3. The molecule has 2 atom stereocenters. The molecule has 2 unspecified atom stereocenters. The maximum absolute atomic E-state index is 17.5. The Bertz CT molecular complexity index is 3530. The van der Waals surface area contributed by atoms with Gasteiger partial charge in [-0.2, -0.15) is 17.5 Å². The molecule has 0 fully saturated rings. The van der Waals surface area contributed by atoms with E-state index >= 15 is 17.6 Å². The fourth-order valence-corrected chi connectivity index (χ4v) is 28.3. The quantitative estimate of drug-likeness (QED) is 0.0279. The third-order valence-corrected chi connectivity index (χ3v) is 31.1. The number of halogens is 4. The molecule has 9 heterocycles. The van der Waals surface area contributed by atoms with Crippen molar-refractivity contribution in [2.75, 3.05) is 0 Å². The number of nitrogens with zero attached hydrogens (tertiary/aromatic N) is 4. The van der Waals surface area contributed by atoms with E-state index in [2.05, 4.69) is 53.7 Å². The van der Waals surface area contributed by atoms with Gasteiger partial charge in [-0.05, 0) is 121 Å². The van der Waals surface area contributed by atoms with E-state index in [1.54, 1.807) is 69.6 Å². The van der Waals surface area contributed by atoms with Crippen molar-refractivity contribution in [3.63, 3.8) is 0 Å². The molecule has 0 N–H and O–H groups in total. The lowest BCUT2D eigenvalue weighted by molar-refractivity contribution is 0.469. The monoisotopic (exact) mass is 1250 g/mol. The number of thiophene rings is 6. The van der Waals surface area contributed by atoms with Gasteiger partial charge in [-0.15, -0.1) is 68.0 Å². The Balaban J connectivity index is 0.996. The highest BCUT2D eigenvalue weighted by molar-refractivity contribution is 7.32. The summed E-state index contributed by atoms with van der Waals surface area (Å²) >= 11 is 11.7. The summed E-state index contributed by atoms with van der Waals surface area (Å²) in [5, 5.41) is 2.80. The second kappa shape index (κ2) is 26.2. The third-order valence-electron chi connectivity index (χ3n) is 16.8. The number of rotatable bonds is 28. The molecule has 81 heavy (non-hydrogen) atoms. The molecule has 0 radical (unpaired) electrons. The molecule has 10 aromatic rings. The standard InChI is InChI=1S/C64H70F4N4S8Si/c1-7-13-17-19-23-47-41(65)31-51(75-47)49-27-25-45(73-49)39-29-43(67)57(61-59(39)69-79-71-61)53-33-55-63(77-53)64-56(81(55,35-37(11-5)21-15-9-3)36-38(12-6)22-16-10-4)34-54(78-64)58-44(68)30-40(60-62(58)72-80-70-60)46-26-28-50(74-46)52-32-42(66)48(76-52)24-20-18-14-8-2/h25-34,37-38H,7-24,35-36H2,1-6H3. The molecule has 1 aliphatic rings. The molecule has 11 rings (SSSR count). The van der Waals surface area contributed by atoms with Crippen molar-refractivity contribution in [2.45, 2.75) is 169 Å². The minimum Gasteiger partial charge on any atom is -0.206 e. The molecule has 0 spiro atoms. The van der Waals surface area contributed by atoms with Crippen LogP contribution in [-0.4, -0.2) is 25.6 Å². The number of hydrogen-bond acceptors (Lipinski definition) is 12. The zero-order valence-electron chi connectivity index (χ0n) is 47.1. The average Bonchev–Trinajstić information content (AvgIpc) is 2.89. The number of aromatic nitrogens is 4. The second-order valence-corrected chi connectivity index (χ2v) is 33.9. The summed E-state index contributed by atoms with van der Waals surface area (Å²) in [7, 11) is -2.66. The van der Waals surface area contributed by atoms with Crippen LogP contribution in [0.1, 0.15) is 154 Å². The molecule has 0 aliphatic carbocycles. The van der Waals surface area contributed by atoms with Gasteiger partial charge in [0.05, 0.1) is 34.6 Å². The molecular formula is C64H70F4N4S8Si. The number of unbranched alkanes of at least 4 members (excludes halogenated alkanes) is 8. The Morgan fingerprint density at radius 2 is 0.802 bits per heavy atom. The van der Waals surface area contributed by atoms with Gasteiger partial charge in [0.25, 0.3) is 0 Å². The summed E-state index contributed by atoms with van der Waals surface area (Å²) in [4.78, 5) is 11.2. The van der Waals surface area contributed by atoms with Gasteiger partial charge >= 0.3 is 0 Å². The van der Waals surface area contributed by atoms with Crippen molar-refractivity contribution in [1.29, 1.82) is 0 Å². The molecule has 0 bridgehead atoms. The van der Waals surface area contributed by atoms with Crippen LogP contribution < -0.4 is 10.4 Å². The van der Waals surface area contributed by atoms with Crippen molar-refractivity contribution in [3.8, 4) is 71.0 Å². The molecule has 426 valence electrons. The summed E-state index contributed by atoms with van der Waals surface area (Å²) in [5.74, 6) is 0.0824. The number of aryl methyl sites for hydroxylation is 2. The zero-order chi connectivity index (χ0) is 56.4. The predicted octanol–water partition coefficient (Wildman–Crippen LogP) is 22.8. The van der Waals surface area contributed by atoms with Gasteiger partial charge in [0.15, 0.2) is 0 Å². The van der Waals surface area contributed by atoms with Crippen LogP contribution >= 0.6 is 91.5 Å². The number of hydrogen-bond donors (Lipinski definition) is 0. The summed E-state index contributed by atoms with van der Waals surface area (Å²) in [6.45, 7) is 13.6. The van der Waals surface area contributed by atoms with E-state index in [9.17, 15) is 0 Å². The zero-order valence-corrected chi connectivity index (χ0v) is 54.7. The van der Waals surface area contributed by atoms with Gasteiger partial charge < -0.3 is 0 Å². The minimum atomic E-state index is -2.66. The molecule has 0 amide bonds. The maximum atomic E-state index is 17.5. The van der Waals surface area contributed by atoms with E-state index in [0.717, 1.165) is 187 Å². The van der Waals surface area contributed by atoms with Crippen LogP contribution in [0, 0.1) is 35.1 Å². The normalized spacial score (nSPS) is 13.8. The molecular weight excluding hydrogens is 1190 g/mol. The molecule has 17 heteroatoms. The Morgan fingerprint density at radius 1 is 0.395 bits per heavy atom. The number of benzene rings is 2. The number of fused-ring (bicyclic) bond motifs is 5. The summed E-state index contributed by atoms with van der Waals surface area (Å²) in [5.41, 5.74) is 4.85. The largest absolute Gasteiger partial charge is 0.206 e. The summed E-state index contributed by atoms with van der Waals surface area (Å²) in [6, 6.07) is 21.6. The van der Waals surface area contributed by atoms with E-state index in [1.807, 2.05) is 24.3 Å². The highest BCUT2D eigenvalue weighted by atomic mass is 32.1. The first-order chi connectivity index (χ1) is 39.5. The lowest BCUT2D eigenvalue weighted by Gasteiger charge is -2.35. The highest BCUT2D eigenvalue weighted by Gasteiger charge is 2.50. The van der Waals surface area contributed by atoms with Crippen molar-refractivity contribution in [2.24, 2.45) is 11.8 Å². The van der Waals surface area contributed by atoms with E-state index in [1.165, 1.54) is 55.6 Å². The van der Waals surface area contributed by atoms with Crippen molar-refractivity contribution < 1.29 is 17.6 Å². The molecule has 1 aliphatic heterocycles. The van der Waals surface area contributed by atoms with Gasteiger partial charge in [-0.3, -0.25) is 0 Å². The first-order valence-corrected chi connectivity index (χ1v) is 38.2. The molecule has 8 aromatic heterocycles. The average molecular weight is 1260 g/mol. The van der Waals surface area contributed by atoms with Crippen LogP contribution in [0.2, 0.25) is 12.1 Å². The van der Waals surface area contributed by atoms with Crippen molar-refractivity contribution in [1.82, 2.24) is 17.5 Å². The lowest BCUT2D eigenvalue weighted by atomic mass is 10.0. The van der Waals surface area contributed by atoms with E-state index in [4.69, 9.17) is 17.5 Å². The fourth-order valence-electron chi connectivity index (χ4n) is 12.3. The third kappa shape index (κ3) is 11.9. The van der Waals surface area contributed by atoms with E-state index in [-0.39, 0.29) is 23.3 Å². The molecule has 0 saturated carbocycles. The topological polar surface area (TPSA) is 51.6 Å². The first kappa shape index (κ1) is 59.0. The Hall–Kier alpha value is -3.78. The van der Waals surface area contributed by atoms with E-state index in [0.29, 0.717) is 56.2 Å². The smallest absolute Gasteiger partial charge is 0.137 e. The SMILES string of the molecule is CCCCCCc1sc(-c2ccc(-c3cc(F)c(-c4cc5c(s4)-c4sc(-c6c(F)cc(-c7ccc(-c8cc(F)c(CCCCCC)s8)s7)c7nsnc67)cc4[Si]5(CC(CC)CCCC)CC(CC)CCCC)c4nsnc34)s2)cc1F. The minimum absolute atomic E-state index is 0.142. The Labute approximate surface area is 508 Å². The van der Waals surface area contributed by atoms with Crippen LogP contribution in [-0.2, 0) is 12.8 Å². The van der Waals surface area contributed by atoms with Gasteiger partial charge in [-0.25, -0.2) is 17.6 Å². The van der Waals surface area contributed by atoms with Crippen LogP contribution in [0.5, 0.6) is 0 Å². The molecule has 4 nitrogen and oxygen atoms in total. The Morgan fingerprint density at radius 3 is 1.21 bits per heavy atom. The molecule has 0 saturated heterocycles. The molecule has 2 aromatic carbocycles.